The van der Waals surface area contributed by atoms with Gasteiger partial charge in [0, 0.05) is 5.92 Å². The first-order valence-corrected chi connectivity index (χ1v) is 7.05. The van der Waals surface area contributed by atoms with Gasteiger partial charge in [0.25, 0.3) is 0 Å². The normalized spacial score (nSPS) is 17.5. The van der Waals surface area contributed by atoms with Gasteiger partial charge in [0.1, 0.15) is 5.75 Å². The summed E-state index contributed by atoms with van der Waals surface area (Å²) in [5.74, 6) is -1.43. The summed E-state index contributed by atoms with van der Waals surface area (Å²) >= 11 is 0. The van der Waals surface area contributed by atoms with E-state index in [9.17, 15) is 23.1 Å². The minimum Gasteiger partial charge on any atom is -0.496 e. The molecule has 0 saturated carbocycles. The Bertz CT molecular complexity index is 528. The number of carbonyl (C=O) groups is 1. The quantitative estimate of drug-likeness (QED) is 0.817. The van der Waals surface area contributed by atoms with E-state index in [1.165, 1.54) is 14.0 Å². The molecule has 1 aromatic carbocycles. The maximum absolute atomic E-state index is 13.1. The lowest BCUT2D eigenvalue weighted by Crippen LogP contribution is -2.53. The van der Waals surface area contributed by atoms with Crippen molar-refractivity contribution >= 4 is 6.29 Å². The van der Waals surface area contributed by atoms with Crippen molar-refractivity contribution in [2.45, 2.75) is 44.9 Å². The van der Waals surface area contributed by atoms with E-state index in [-0.39, 0.29) is 0 Å². The Balaban J connectivity index is 3.31. The van der Waals surface area contributed by atoms with Crippen molar-refractivity contribution in [2.24, 2.45) is 5.92 Å². The SMILES string of the molecule is CCc1c(OC)cccc1C(C)C(C)C(O)(C=O)C(F)(F)F. The maximum atomic E-state index is 13.1. The predicted molar refractivity (Wildman–Crippen MR) is 77.0 cm³/mol. The minimum absolute atomic E-state index is 0.417. The van der Waals surface area contributed by atoms with Crippen LogP contribution in [0, 0.1) is 5.92 Å². The smallest absolute Gasteiger partial charge is 0.424 e. The van der Waals surface area contributed by atoms with Gasteiger partial charge in [-0.15, -0.1) is 0 Å². The molecule has 0 aromatic heterocycles. The number of halogens is 3. The average Bonchev–Trinajstić information content (AvgIpc) is 2.50. The standard InChI is InChI=1S/C16H21F3O3/c1-5-12-13(7-6-8-14(12)22-4)10(2)11(3)15(21,9-20)16(17,18)19/h6-11,21H,5H2,1-4H3. The molecule has 3 atom stereocenters. The molecule has 0 spiro atoms. The Hall–Kier alpha value is -1.56. The van der Waals surface area contributed by atoms with Crippen LogP contribution in [0.5, 0.6) is 5.75 Å². The van der Waals surface area contributed by atoms with Crippen molar-refractivity contribution in [2.75, 3.05) is 7.11 Å². The second kappa shape index (κ2) is 6.69. The zero-order valence-electron chi connectivity index (χ0n) is 13.1. The van der Waals surface area contributed by atoms with E-state index >= 15 is 0 Å². The minimum atomic E-state index is -5.02. The topological polar surface area (TPSA) is 46.5 Å². The molecule has 0 heterocycles. The van der Waals surface area contributed by atoms with Gasteiger partial charge in [-0.25, -0.2) is 0 Å². The van der Waals surface area contributed by atoms with Crippen LogP contribution in [0.1, 0.15) is 37.8 Å². The number of benzene rings is 1. The van der Waals surface area contributed by atoms with Crippen LogP contribution in [0.3, 0.4) is 0 Å². The van der Waals surface area contributed by atoms with Gasteiger partial charge >= 0.3 is 6.18 Å². The van der Waals surface area contributed by atoms with Gasteiger partial charge in [-0.1, -0.05) is 32.9 Å². The molecule has 124 valence electrons. The fourth-order valence-electron chi connectivity index (χ4n) is 2.66. The Morgan fingerprint density at radius 2 is 1.91 bits per heavy atom. The van der Waals surface area contributed by atoms with E-state index in [1.54, 1.807) is 25.1 Å². The summed E-state index contributed by atoms with van der Waals surface area (Å²) in [5, 5.41) is 9.82. The highest BCUT2D eigenvalue weighted by molar-refractivity contribution is 5.64. The van der Waals surface area contributed by atoms with Gasteiger partial charge in [-0.2, -0.15) is 13.2 Å². The van der Waals surface area contributed by atoms with Crippen LogP contribution in [0.25, 0.3) is 0 Å². The molecule has 0 fully saturated rings. The van der Waals surface area contributed by atoms with E-state index in [0.29, 0.717) is 17.7 Å². The Labute approximate surface area is 128 Å². The molecule has 1 rings (SSSR count). The van der Waals surface area contributed by atoms with Crippen molar-refractivity contribution in [3.63, 3.8) is 0 Å². The van der Waals surface area contributed by atoms with Crippen LogP contribution < -0.4 is 4.74 Å². The van der Waals surface area contributed by atoms with Crippen LogP contribution in [0.15, 0.2) is 18.2 Å². The zero-order valence-corrected chi connectivity index (χ0v) is 13.1. The molecule has 3 unspecified atom stereocenters. The summed E-state index contributed by atoms with van der Waals surface area (Å²) in [6, 6.07) is 5.11. The summed E-state index contributed by atoms with van der Waals surface area (Å²) in [6.07, 6.45) is -4.87. The number of hydrogen-bond acceptors (Lipinski definition) is 3. The first kappa shape index (κ1) is 18.5. The second-order valence-electron chi connectivity index (χ2n) is 5.40. The molecule has 0 aliphatic carbocycles. The van der Waals surface area contributed by atoms with Gasteiger partial charge in [0.15, 0.2) is 6.29 Å². The maximum Gasteiger partial charge on any atom is 0.424 e. The van der Waals surface area contributed by atoms with Crippen molar-refractivity contribution in [3.8, 4) is 5.75 Å². The molecule has 0 bridgehead atoms. The number of methoxy groups -OCH3 is 1. The Kier molecular flexibility index (Phi) is 5.62. The van der Waals surface area contributed by atoms with Crippen LogP contribution >= 0.6 is 0 Å². The largest absolute Gasteiger partial charge is 0.496 e. The van der Waals surface area contributed by atoms with E-state index in [2.05, 4.69) is 0 Å². The van der Waals surface area contributed by atoms with E-state index in [4.69, 9.17) is 4.74 Å². The first-order chi connectivity index (χ1) is 10.1. The van der Waals surface area contributed by atoms with Crippen molar-refractivity contribution in [3.05, 3.63) is 29.3 Å². The fourth-order valence-corrected chi connectivity index (χ4v) is 2.66. The zero-order chi connectivity index (χ0) is 17.1. The molecule has 22 heavy (non-hydrogen) atoms. The number of aldehydes is 1. The summed E-state index contributed by atoms with van der Waals surface area (Å²) in [6.45, 7) is 4.67. The molecule has 0 aliphatic heterocycles. The Morgan fingerprint density at radius 1 is 1.32 bits per heavy atom. The highest BCUT2D eigenvalue weighted by Gasteiger charge is 2.58. The van der Waals surface area contributed by atoms with Gasteiger partial charge in [-0.05, 0) is 29.5 Å². The number of rotatable bonds is 6. The fraction of sp³-hybridized carbons (Fsp3) is 0.562. The van der Waals surface area contributed by atoms with Crippen molar-refractivity contribution in [1.82, 2.24) is 0 Å². The molecule has 1 aromatic rings. The molecule has 3 nitrogen and oxygen atoms in total. The first-order valence-electron chi connectivity index (χ1n) is 7.05. The number of aliphatic hydroxyl groups is 1. The van der Waals surface area contributed by atoms with Gasteiger partial charge in [0.05, 0.1) is 7.11 Å². The summed E-state index contributed by atoms with van der Waals surface area (Å²) in [7, 11) is 1.49. The molecule has 0 amide bonds. The lowest BCUT2D eigenvalue weighted by molar-refractivity contribution is -0.261. The Morgan fingerprint density at radius 3 is 2.32 bits per heavy atom. The predicted octanol–water partition coefficient (Wildman–Crippen LogP) is 3.49. The molecule has 1 N–H and O–H groups in total. The van der Waals surface area contributed by atoms with E-state index in [1.807, 2.05) is 6.92 Å². The van der Waals surface area contributed by atoms with Crippen LogP contribution in [0.2, 0.25) is 0 Å². The number of alkyl halides is 3. The van der Waals surface area contributed by atoms with Crippen LogP contribution in [-0.4, -0.2) is 30.3 Å². The molecule has 0 saturated heterocycles. The average molecular weight is 318 g/mol. The lowest BCUT2D eigenvalue weighted by Gasteiger charge is -2.35. The van der Waals surface area contributed by atoms with E-state index in [0.717, 1.165) is 5.56 Å². The molecular formula is C16H21F3O3. The molecule has 0 radical (unpaired) electrons. The van der Waals surface area contributed by atoms with Gasteiger partial charge < -0.3 is 9.84 Å². The summed E-state index contributed by atoms with van der Waals surface area (Å²) in [4.78, 5) is 10.9. The van der Waals surface area contributed by atoms with Crippen molar-refractivity contribution < 1.29 is 27.8 Å². The number of carbonyl (C=O) groups excluding carboxylic acids is 1. The molecular weight excluding hydrogens is 297 g/mol. The van der Waals surface area contributed by atoms with Gasteiger partial charge in [-0.3, -0.25) is 4.79 Å². The van der Waals surface area contributed by atoms with Gasteiger partial charge in [0.2, 0.25) is 5.60 Å². The second-order valence-corrected chi connectivity index (χ2v) is 5.40. The van der Waals surface area contributed by atoms with Crippen LogP contribution in [0.4, 0.5) is 13.2 Å². The molecule has 6 heteroatoms. The highest BCUT2D eigenvalue weighted by Crippen LogP contribution is 2.43. The van der Waals surface area contributed by atoms with E-state index < -0.39 is 29.9 Å². The third kappa shape index (κ3) is 3.11. The lowest BCUT2D eigenvalue weighted by atomic mass is 9.76. The summed E-state index contributed by atoms with van der Waals surface area (Å²) in [5.41, 5.74) is -1.96. The molecule has 0 aliphatic rings. The third-order valence-electron chi connectivity index (χ3n) is 4.31. The van der Waals surface area contributed by atoms with Crippen LogP contribution in [-0.2, 0) is 11.2 Å². The monoisotopic (exact) mass is 318 g/mol. The number of hydrogen-bond donors (Lipinski definition) is 1. The van der Waals surface area contributed by atoms with Crippen molar-refractivity contribution in [1.29, 1.82) is 0 Å². The third-order valence-corrected chi connectivity index (χ3v) is 4.31. The highest BCUT2D eigenvalue weighted by atomic mass is 19.4. The summed E-state index contributed by atoms with van der Waals surface area (Å²) < 4.78 is 44.4. The number of ether oxygens (including phenoxy) is 1.